The first-order valence-electron chi connectivity index (χ1n) is 11.8. The minimum atomic E-state index is -0.0721. The number of carbonyl (C=O) groups is 1. The normalized spacial score (nSPS) is 11.1. The van der Waals surface area contributed by atoms with Crippen molar-refractivity contribution in [3.63, 3.8) is 0 Å². The van der Waals surface area contributed by atoms with Crippen LogP contribution in [0.1, 0.15) is 54.0 Å². The Bertz CT molecular complexity index is 1360. The van der Waals surface area contributed by atoms with E-state index in [0.717, 1.165) is 33.8 Å². The monoisotopic (exact) mass is 522 g/mol. The number of rotatable bonds is 8. The second-order valence-electron chi connectivity index (χ2n) is 8.76. The summed E-state index contributed by atoms with van der Waals surface area (Å²) in [5.74, 6) is 0.796. The third-order valence-electron chi connectivity index (χ3n) is 5.86. The number of benzene rings is 3. The van der Waals surface area contributed by atoms with Crippen molar-refractivity contribution in [2.45, 2.75) is 40.2 Å². The fraction of sp³-hybridized carbons (Fsp3) is 0.250. The lowest BCUT2D eigenvalue weighted by Crippen LogP contribution is -2.22. The number of nitrogens with one attached hydrogen (secondary N) is 1. The Hall–Kier alpha value is -3.35. The molecular weight excluding hydrogens is 495 g/mol. The number of nitrogens with zero attached hydrogens (tertiary/aromatic N) is 3. The minimum absolute atomic E-state index is 0.0721. The molecule has 8 heteroatoms. The first-order chi connectivity index (χ1) is 17.3. The molecule has 1 aromatic heterocycles. The van der Waals surface area contributed by atoms with Gasteiger partial charge in [-0.3, -0.25) is 4.79 Å². The molecule has 36 heavy (non-hydrogen) atoms. The Labute approximate surface area is 221 Å². The minimum Gasteiger partial charge on any atom is -0.487 e. The lowest BCUT2D eigenvalue weighted by atomic mass is 9.99. The summed E-state index contributed by atoms with van der Waals surface area (Å²) in [4.78, 5) is 12.0. The third-order valence-corrected chi connectivity index (χ3v) is 6.47. The van der Waals surface area contributed by atoms with Gasteiger partial charge < -0.3 is 10.1 Å². The highest BCUT2D eigenvalue weighted by molar-refractivity contribution is 6.37. The van der Waals surface area contributed by atoms with Crippen LogP contribution in [0.4, 0.5) is 0 Å². The number of hydrogen-bond donors (Lipinski definition) is 1. The van der Waals surface area contributed by atoms with E-state index in [1.807, 2.05) is 56.3 Å². The van der Waals surface area contributed by atoms with Gasteiger partial charge in [-0.2, -0.15) is 0 Å². The Kier molecular flexibility index (Phi) is 7.97. The number of hydrogen-bond acceptors (Lipinski definition) is 4. The Morgan fingerprint density at radius 2 is 1.75 bits per heavy atom. The summed E-state index contributed by atoms with van der Waals surface area (Å²) >= 11 is 12.9. The van der Waals surface area contributed by atoms with E-state index in [2.05, 4.69) is 29.5 Å². The second kappa shape index (κ2) is 11.1. The standard InChI is InChI=1S/C28H28Cl2N4O2/c1-5-31-28(35)20-11-9-19(10-12-20)22-14-13-21(15-18(22)4)36-16-25-26(17(2)3)32-33-34(25)27-23(29)7-6-8-24(27)30/h6-15,17H,5,16H2,1-4H3,(H,31,35). The van der Waals surface area contributed by atoms with Gasteiger partial charge in [-0.15, -0.1) is 5.10 Å². The molecule has 1 N–H and O–H groups in total. The molecule has 0 saturated carbocycles. The molecule has 4 rings (SSSR count). The fourth-order valence-electron chi connectivity index (χ4n) is 4.03. The molecule has 0 fully saturated rings. The number of aromatic nitrogens is 3. The summed E-state index contributed by atoms with van der Waals surface area (Å²) in [6.07, 6.45) is 0. The molecule has 3 aromatic carbocycles. The lowest BCUT2D eigenvalue weighted by Gasteiger charge is -2.14. The average Bonchev–Trinajstić information content (AvgIpc) is 3.27. The first-order valence-corrected chi connectivity index (χ1v) is 12.6. The van der Waals surface area contributed by atoms with E-state index >= 15 is 0 Å². The van der Waals surface area contributed by atoms with Crippen LogP contribution in [0.3, 0.4) is 0 Å². The van der Waals surface area contributed by atoms with Crippen molar-refractivity contribution in [3.8, 4) is 22.6 Å². The van der Waals surface area contributed by atoms with Crippen molar-refractivity contribution in [1.29, 1.82) is 0 Å². The first kappa shape index (κ1) is 25.7. The van der Waals surface area contributed by atoms with Crippen LogP contribution in [0.15, 0.2) is 60.7 Å². The molecule has 0 unspecified atom stereocenters. The van der Waals surface area contributed by atoms with Crippen LogP contribution in [-0.4, -0.2) is 27.4 Å². The molecule has 6 nitrogen and oxygen atoms in total. The maximum Gasteiger partial charge on any atom is 0.251 e. The van der Waals surface area contributed by atoms with Gasteiger partial charge in [0.2, 0.25) is 0 Å². The number of halogens is 2. The van der Waals surface area contributed by atoms with E-state index in [1.54, 1.807) is 22.9 Å². The van der Waals surface area contributed by atoms with Crippen molar-refractivity contribution in [3.05, 3.63) is 93.2 Å². The Morgan fingerprint density at radius 1 is 1.06 bits per heavy atom. The van der Waals surface area contributed by atoms with Crippen molar-refractivity contribution >= 4 is 29.1 Å². The van der Waals surface area contributed by atoms with Gasteiger partial charge in [-0.25, -0.2) is 4.68 Å². The van der Waals surface area contributed by atoms with E-state index < -0.39 is 0 Å². The molecule has 1 heterocycles. The molecule has 0 atom stereocenters. The quantitative estimate of drug-likeness (QED) is 0.270. The molecule has 0 spiro atoms. The van der Waals surface area contributed by atoms with Crippen LogP contribution in [0, 0.1) is 6.92 Å². The van der Waals surface area contributed by atoms with Crippen LogP contribution in [0.2, 0.25) is 10.0 Å². The highest BCUT2D eigenvalue weighted by atomic mass is 35.5. The number of para-hydroxylation sites is 1. The predicted molar refractivity (Wildman–Crippen MR) is 144 cm³/mol. The van der Waals surface area contributed by atoms with Gasteiger partial charge in [0, 0.05) is 12.1 Å². The molecule has 0 aliphatic carbocycles. The fourth-order valence-corrected chi connectivity index (χ4v) is 4.59. The van der Waals surface area contributed by atoms with Gasteiger partial charge in [0.25, 0.3) is 5.91 Å². The molecule has 0 aliphatic rings. The van der Waals surface area contributed by atoms with Crippen molar-refractivity contribution in [2.75, 3.05) is 6.54 Å². The molecule has 1 amide bonds. The number of aryl methyl sites for hydroxylation is 1. The van der Waals surface area contributed by atoms with Gasteiger partial charge in [0.15, 0.2) is 0 Å². The molecule has 0 bridgehead atoms. The maximum absolute atomic E-state index is 12.0. The summed E-state index contributed by atoms with van der Waals surface area (Å²) in [7, 11) is 0. The zero-order valence-electron chi connectivity index (χ0n) is 20.7. The van der Waals surface area contributed by atoms with Gasteiger partial charge in [-0.05, 0) is 72.9 Å². The predicted octanol–water partition coefficient (Wildman–Crippen LogP) is 7.00. The van der Waals surface area contributed by atoms with Crippen LogP contribution >= 0.6 is 23.2 Å². The van der Waals surface area contributed by atoms with Crippen LogP contribution in [0.5, 0.6) is 5.75 Å². The summed E-state index contributed by atoms with van der Waals surface area (Å²) < 4.78 is 7.86. The van der Waals surface area contributed by atoms with Gasteiger partial charge >= 0.3 is 0 Å². The van der Waals surface area contributed by atoms with E-state index in [9.17, 15) is 4.79 Å². The van der Waals surface area contributed by atoms with E-state index in [0.29, 0.717) is 27.8 Å². The zero-order valence-corrected chi connectivity index (χ0v) is 22.2. The van der Waals surface area contributed by atoms with Gasteiger partial charge in [-0.1, -0.05) is 66.5 Å². The topological polar surface area (TPSA) is 69.0 Å². The molecule has 0 radical (unpaired) electrons. The van der Waals surface area contributed by atoms with Crippen LogP contribution < -0.4 is 10.1 Å². The van der Waals surface area contributed by atoms with Crippen LogP contribution in [-0.2, 0) is 6.61 Å². The lowest BCUT2D eigenvalue weighted by molar-refractivity contribution is 0.0956. The highest BCUT2D eigenvalue weighted by Gasteiger charge is 2.21. The zero-order chi connectivity index (χ0) is 25.8. The summed E-state index contributed by atoms with van der Waals surface area (Å²) in [5, 5.41) is 12.5. The largest absolute Gasteiger partial charge is 0.487 e. The smallest absolute Gasteiger partial charge is 0.251 e. The molecule has 0 aliphatic heterocycles. The van der Waals surface area contributed by atoms with Crippen LogP contribution in [0.25, 0.3) is 16.8 Å². The van der Waals surface area contributed by atoms with Gasteiger partial charge in [0.1, 0.15) is 23.7 Å². The number of carbonyl (C=O) groups excluding carboxylic acids is 1. The third kappa shape index (κ3) is 5.40. The van der Waals surface area contributed by atoms with Crippen molar-refractivity contribution in [1.82, 2.24) is 20.3 Å². The van der Waals surface area contributed by atoms with E-state index in [1.165, 1.54) is 0 Å². The van der Waals surface area contributed by atoms with Crippen molar-refractivity contribution in [2.24, 2.45) is 0 Å². The maximum atomic E-state index is 12.0. The van der Waals surface area contributed by atoms with Gasteiger partial charge in [0.05, 0.1) is 15.7 Å². The summed E-state index contributed by atoms with van der Waals surface area (Å²) in [5.41, 5.74) is 6.01. The summed E-state index contributed by atoms with van der Waals surface area (Å²) in [6.45, 7) is 8.91. The molecule has 4 aromatic rings. The summed E-state index contributed by atoms with van der Waals surface area (Å²) in [6, 6.07) is 18.9. The number of ether oxygens (including phenoxy) is 1. The van der Waals surface area contributed by atoms with E-state index in [4.69, 9.17) is 27.9 Å². The Morgan fingerprint density at radius 3 is 2.36 bits per heavy atom. The Balaban J connectivity index is 1.57. The highest BCUT2D eigenvalue weighted by Crippen LogP contribution is 2.32. The molecule has 186 valence electrons. The average molecular weight is 523 g/mol. The van der Waals surface area contributed by atoms with Crippen molar-refractivity contribution < 1.29 is 9.53 Å². The van der Waals surface area contributed by atoms with E-state index in [-0.39, 0.29) is 18.4 Å². The molecule has 0 saturated heterocycles. The number of amides is 1. The second-order valence-corrected chi connectivity index (χ2v) is 9.57. The molecular formula is C28H28Cl2N4O2. The SMILES string of the molecule is CCNC(=O)c1ccc(-c2ccc(OCc3c(C(C)C)nnn3-c3c(Cl)cccc3Cl)cc2C)cc1.